The lowest BCUT2D eigenvalue weighted by atomic mass is 10.0. The van der Waals surface area contributed by atoms with Crippen LogP contribution >= 0.6 is 0 Å². The highest BCUT2D eigenvalue weighted by molar-refractivity contribution is 5.20. The summed E-state index contributed by atoms with van der Waals surface area (Å²) in [5.74, 6) is -1.82. The van der Waals surface area contributed by atoms with Gasteiger partial charge in [-0.15, -0.1) is 0 Å². The molecule has 0 bridgehead atoms. The predicted molar refractivity (Wildman–Crippen MR) is 83.2 cm³/mol. The van der Waals surface area contributed by atoms with Gasteiger partial charge in [0.15, 0.2) is 11.6 Å². The monoisotopic (exact) mass is 329 g/mol. The fraction of sp³-hybridized carbons (Fsp3) is 0.647. The first-order valence-corrected chi connectivity index (χ1v) is 8.06. The summed E-state index contributed by atoms with van der Waals surface area (Å²) >= 11 is 0. The van der Waals surface area contributed by atoms with Crippen molar-refractivity contribution in [2.24, 2.45) is 0 Å². The Morgan fingerprint density at radius 2 is 1.96 bits per heavy atom. The zero-order valence-corrected chi connectivity index (χ0v) is 13.5. The van der Waals surface area contributed by atoms with Crippen molar-refractivity contribution >= 4 is 0 Å². The van der Waals surface area contributed by atoms with E-state index in [0.29, 0.717) is 25.3 Å². The average molecular weight is 329 g/mol. The van der Waals surface area contributed by atoms with Gasteiger partial charge in [0, 0.05) is 40.0 Å². The summed E-state index contributed by atoms with van der Waals surface area (Å²) in [7, 11) is 1.68. The Balaban J connectivity index is 1.72. The summed E-state index contributed by atoms with van der Waals surface area (Å²) in [5.41, 5.74) is 0.404. The highest BCUT2D eigenvalue weighted by Gasteiger charge is 2.22. The molecule has 1 unspecified atom stereocenters. The summed E-state index contributed by atoms with van der Waals surface area (Å²) < 4.78 is 36.9. The van der Waals surface area contributed by atoms with Crippen LogP contribution in [0.5, 0.6) is 0 Å². The number of benzene rings is 1. The molecule has 1 heterocycles. The molecule has 1 aliphatic rings. The topological polar surface area (TPSA) is 41.9 Å². The SMILES string of the molecule is COCCCOC1CCN(CC(O)c2ccc(F)c(F)c2)CC1. The molecular weight excluding hydrogens is 304 g/mol. The molecule has 1 N–H and O–H groups in total. The standard InChI is InChI=1S/C17H25F2NO3/c1-22-9-2-10-23-14-5-7-20(8-6-14)12-17(21)13-3-4-15(18)16(19)11-13/h3-4,11,14,17,21H,2,5-10,12H2,1H3. The lowest BCUT2D eigenvalue weighted by Gasteiger charge is -2.33. The predicted octanol–water partition coefficient (Wildman–Crippen LogP) is 2.52. The molecule has 4 nitrogen and oxygen atoms in total. The van der Waals surface area contributed by atoms with Crippen molar-refractivity contribution in [3.63, 3.8) is 0 Å². The third kappa shape index (κ3) is 5.80. The Morgan fingerprint density at radius 3 is 2.61 bits per heavy atom. The van der Waals surface area contributed by atoms with E-state index in [9.17, 15) is 13.9 Å². The van der Waals surface area contributed by atoms with Crippen molar-refractivity contribution in [1.82, 2.24) is 4.90 Å². The maximum absolute atomic E-state index is 13.2. The molecule has 6 heteroatoms. The summed E-state index contributed by atoms with van der Waals surface area (Å²) in [5, 5.41) is 10.2. The molecule has 0 aliphatic carbocycles. The van der Waals surface area contributed by atoms with Crippen LogP contribution in [0.4, 0.5) is 8.78 Å². The largest absolute Gasteiger partial charge is 0.387 e. The minimum atomic E-state index is -0.926. The van der Waals surface area contributed by atoms with Gasteiger partial charge < -0.3 is 19.5 Å². The number of piperidine rings is 1. The second-order valence-electron chi connectivity index (χ2n) is 5.91. The van der Waals surface area contributed by atoms with Crippen molar-refractivity contribution in [2.45, 2.75) is 31.5 Å². The van der Waals surface area contributed by atoms with Crippen LogP contribution in [0.25, 0.3) is 0 Å². The second-order valence-corrected chi connectivity index (χ2v) is 5.91. The summed E-state index contributed by atoms with van der Waals surface area (Å²) in [6, 6.07) is 3.54. The minimum absolute atomic E-state index is 0.253. The van der Waals surface area contributed by atoms with Gasteiger partial charge in [0.25, 0.3) is 0 Å². The number of β-amino-alcohol motifs (C(OH)–C–C–N with tert-alkyl or cyclic N) is 1. The quantitative estimate of drug-likeness (QED) is 0.744. The van der Waals surface area contributed by atoms with E-state index in [1.807, 2.05) is 0 Å². The van der Waals surface area contributed by atoms with Crippen LogP contribution in [-0.4, -0.2) is 56.1 Å². The van der Waals surface area contributed by atoms with Crippen molar-refractivity contribution in [1.29, 1.82) is 0 Å². The zero-order valence-electron chi connectivity index (χ0n) is 13.5. The van der Waals surface area contributed by atoms with Gasteiger partial charge in [-0.3, -0.25) is 0 Å². The molecule has 1 aromatic carbocycles. The van der Waals surface area contributed by atoms with E-state index in [0.717, 1.165) is 44.5 Å². The Hall–Kier alpha value is -1.08. The van der Waals surface area contributed by atoms with Gasteiger partial charge in [0.05, 0.1) is 12.2 Å². The van der Waals surface area contributed by atoms with Crippen LogP contribution in [0.2, 0.25) is 0 Å². The van der Waals surface area contributed by atoms with E-state index in [-0.39, 0.29) is 6.10 Å². The summed E-state index contributed by atoms with van der Waals surface area (Å²) in [6.07, 6.45) is 2.16. The zero-order chi connectivity index (χ0) is 16.7. The van der Waals surface area contributed by atoms with Crippen LogP contribution in [0.1, 0.15) is 30.9 Å². The molecule has 0 aromatic heterocycles. The van der Waals surface area contributed by atoms with Crippen LogP contribution < -0.4 is 0 Å². The third-order valence-corrected chi connectivity index (χ3v) is 4.14. The van der Waals surface area contributed by atoms with Gasteiger partial charge in [0.2, 0.25) is 0 Å². The molecule has 0 spiro atoms. The first-order valence-electron chi connectivity index (χ1n) is 8.06. The van der Waals surface area contributed by atoms with Crippen LogP contribution in [-0.2, 0) is 9.47 Å². The second kappa shape index (κ2) is 9.27. The number of hydrogen-bond acceptors (Lipinski definition) is 4. The molecule has 23 heavy (non-hydrogen) atoms. The fourth-order valence-corrected chi connectivity index (χ4v) is 2.78. The lowest BCUT2D eigenvalue weighted by molar-refractivity contribution is -0.00826. The number of halogens is 2. The molecule has 1 saturated heterocycles. The van der Waals surface area contributed by atoms with E-state index in [1.165, 1.54) is 6.07 Å². The van der Waals surface area contributed by atoms with Crippen molar-refractivity contribution in [3.05, 3.63) is 35.4 Å². The number of aliphatic hydroxyl groups is 1. The number of aliphatic hydroxyl groups excluding tert-OH is 1. The van der Waals surface area contributed by atoms with Crippen LogP contribution in [0.3, 0.4) is 0 Å². The Labute approximate surface area is 136 Å². The highest BCUT2D eigenvalue weighted by Crippen LogP contribution is 2.20. The maximum atomic E-state index is 13.2. The van der Waals surface area contributed by atoms with Gasteiger partial charge in [0.1, 0.15) is 0 Å². The maximum Gasteiger partial charge on any atom is 0.159 e. The van der Waals surface area contributed by atoms with Gasteiger partial charge in [-0.25, -0.2) is 8.78 Å². The number of nitrogens with zero attached hydrogens (tertiary/aromatic N) is 1. The Kier molecular flexibility index (Phi) is 7.36. The molecular formula is C17H25F2NO3. The number of rotatable bonds is 8. The number of likely N-dealkylation sites (tertiary alicyclic amines) is 1. The van der Waals surface area contributed by atoms with Crippen molar-refractivity contribution in [3.8, 4) is 0 Å². The van der Waals surface area contributed by atoms with E-state index in [2.05, 4.69) is 4.90 Å². The van der Waals surface area contributed by atoms with Crippen LogP contribution in [0.15, 0.2) is 18.2 Å². The average Bonchev–Trinajstić information content (AvgIpc) is 2.55. The van der Waals surface area contributed by atoms with Crippen LogP contribution in [0, 0.1) is 11.6 Å². The molecule has 2 rings (SSSR count). The fourth-order valence-electron chi connectivity index (χ4n) is 2.78. The molecule has 0 amide bonds. The Bertz CT molecular complexity index is 479. The Morgan fingerprint density at radius 1 is 1.22 bits per heavy atom. The molecule has 130 valence electrons. The van der Waals surface area contributed by atoms with Gasteiger partial charge in [-0.2, -0.15) is 0 Å². The molecule has 1 aliphatic heterocycles. The van der Waals surface area contributed by atoms with Crippen molar-refractivity contribution in [2.75, 3.05) is 40.0 Å². The third-order valence-electron chi connectivity index (χ3n) is 4.14. The smallest absolute Gasteiger partial charge is 0.159 e. The van der Waals surface area contributed by atoms with Gasteiger partial charge in [-0.05, 0) is 37.0 Å². The summed E-state index contributed by atoms with van der Waals surface area (Å²) in [6.45, 7) is 3.49. The minimum Gasteiger partial charge on any atom is -0.387 e. The van der Waals surface area contributed by atoms with E-state index in [4.69, 9.17) is 9.47 Å². The highest BCUT2D eigenvalue weighted by atomic mass is 19.2. The first kappa shape index (κ1) is 18.3. The number of ether oxygens (including phenoxy) is 2. The molecule has 1 atom stereocenters. The van der Waals surface area contributed by atoms with Crippen molar-refractivity contribution < 1.29 is 23.4 Å². The van der Waals surface area contributed by atoms with E-state index < -0.39 is 17.7 Å². The lowest BCUT2D eigenvalue weighted by Crippen LogP contribution is -2.39. The normalized spacial score (nSPS) is 18.3. The molecule has 1 aromatic rings. The molecule has 1 fully saturated rings. The first-order chi connectivity index (χ1) is 11.1. The number of methoxy groups -OCH3 is 1. The van der Waals surface area contributed by atoms with Gasteiger partial charge in [-0.1, -0.05) is 6.07 Å². The number of hydrogen-bond donors (Lipinski definition) is 1. The van der Waals surface area contributed by atoms with E-state index >= 15 is 0 Å². The van der Waals surface area contributed by atoms with Gasteiger partial charge >= 0.3 is 0 Å². The van der Waals surface area contributed by atoms with E-state index in [1.54, 1.807) is 7.11 Å². The molecule has 0 radical (unpaired) electrons. The molecule has 0 saturated carbocycles. The summed E-state index contributed by atoms with van der Waals surface area (Å²) in [4.78, 5) is 2.13.